The Morgan fingerprint density at radius 1 is 1.39 bits per heavy atom. The Kier molecular flexibility index (Phi) is 3.36. The highest BCUT2D eigenvalue weighted by Gasteiger charge is 2.19. The molecule has 1 aromatic carbocycles. The summed E-state index contributed by atoms with van der Waals surface area (Å²) in [4.78, 5) is 20.8. The lowest BCUT2D eigenvalue weighted by atomic mass is 10.2. The fraction of sp³-hybridized carbons (Fsp3) is 0.333. The number of hydrogen-bond donors (Lipinski definition) is 1. The largest absolute Gasteiger partial charge is 0.478 e. The molecule has 2 aromatic rings. The molecule has 0 bridgehead atoms. The van der Waals surface area contributed by atoms with E-state index in [9.17, 15) is 9.90 Å². The molecule has 0 amide bonds. The maximum absolute atomic E-state index is 11.2. The van der Waals surface area contributed by atoms with Gasteiger partial charge in [0, 0.05) is 0 Å². The summed E-state index contributed by atoms with van der Waals surface area (Å²) in [5, 5.41) is 9.18. The van der Waals surface area contributed by atoms with E-state index in [1.807, 2.05) is 13.8 Å². The van der Waals surface area contributed by atoms with Gasteiger partial charge in [-0.2, -0.15) is 4.98 Å². The number of imidazole rings is 1. The molecule has 18 heavy (non-hydrogen) atoms. The number of ether oxygens (including phenoxy) is 1. The van der Waals surface area contributed by atoms with Crippen molar-refractivity contribution in [3.8, 4) is 6.01 Å². The molecule has 0 atom stereocenters. The average Bonchev–Trinajstić information content (AvgIpc) is 2.68. The number of aromatic carboxylic acids is 1. The summed E-state index contributed by atoms with van der Waals surface area (Å²) in [7, 11) is 0. The summed E-state index contributed by atoms with van der Waals surface area (Å²) in [5.41, 5.74) is 1.08. The number of fused-ring (bicyclic) bond motifs is 1. The van der Waals surface area contributed by atoms with Crippen molar-refractivity contribution in [2.24, 2.45) is 0 Å². The zero-order valence-electron chi connectivity index (χ0n) is 10.2. The average molecular weight is 250 g/mol. The van der Waals surface area contributed by atoms with Crippen molar-refractivity contribution in [3.05, 3.63) is 23.8 Å². The van der Waals surface area contributed by atoms with E-state index in [1.54, 1.807) is 12.1 Å². The minimum absolute atomic E-state index is 0.138. The van der Waals surface area contributed by atoms with Crippen molar-refractivity contribution >= 4 is 17.0 Å². The van der Waals surface area contributed by atoms with Crippen molar-refractivity contribution in [1.82, 2.24) is 9.71 Å². The molecule has 2 rings (SSSR count). The molecule has 0 spiro atoms. The summed E-state index contributed by atoms with van der Waals surface area (Å²) < 4.78 is 6.68. The summed E-state index contributed by atoms with van der Waals surface area (Å²) in [6, 6.07) is 5.14. The van der Waals surface area contributed by atoms with Gasteiger partial charge < -0.3 is 14.7 Å². The zero-order valence-corrected chi connectivity index (χ0v) is 10.2. The van der Waals surface area contributed by atoms with Crippen molar-refractivity contribution in [1.29, 1.82) is 0 Å². The molecule has 0 saturated heterocycles. The number of aromatic nitrogens is 2. The van der Waals surface area contributed by atoms with E-state index in [-0.39, 0.29) is 11.6 Å². The van der Waals surface area contributed by atoms with Gasteiger partial charge in [-0.1, -0.05) is 6.07 Å². The highest BCUT2D eigenvalue weighted by molar-refractivity contribution is 6.01. The topological polar surface area (TPSA) is 73.6 Å². The molecule has 0 fully saturated rings. The summed E-state index contributed by atoms with van der Waals surface area (Å²) >= 11 is 0. The molecule has 0 saturated carbocycles. The van der Waals surface area contributed by atoms with E-state index in [0.717, 1.165) is 0 Å². The number of nitrogens with zero attached hydrogens (tertiary/aromatic N) is 2. The third-order valence-electron chi connectivity index (χ3n) is 2.37. The molecule has 0 aliphatic rings. The van der Waals surface area contributed by atoms with Crippen LogP contribution >= 0.6 is 0 Å². The lowest BCUT2D eigenvalue weighted by molar-refractivity contribution is 0.0692. The predicted octanol–water partition coefficient (Wildman–Crippen LogP) is 1.58. The Bertz CT molecular complexity index is 577. The molecule has 6 heteroatoms. The zero-order chi connectivity index (χ0) is 13.1. The van der Waals surface area contributed by atoms with E-state index in [0.29, 0.717) is 24.2 Å². The number of carbonyl (C=O) groups is 1. The van der Waals surface area contributed by atoms with E-state index < -0.39 is 5.97 Å². The predicted molar refractivity (Wildman–Crippen MR) is 65.0 cm³/mol. The monoisotopic (exact) mass is 250 g/mol. The van der Waals surface area contributed by atoms with Gasteiger partial charge in [0.25, 0.3) is 0 Å². The first kappa shape index (κ1) is 12.2. The first-order chi connectivity index (χ1) is 8.69. The Morgan fingerprint density at radius 3 is 2.78 bits per heavy atom. The smallest absolute Gasteiger partial charge is 0.338 e. The van der Waals surface area contributed by atoms with Gasteiger partial charge in [0.2, 0.25) is 0 Å². The van der Waals surface area contributed by atoms with Crippen LogP contribution in [0.1, 0.15) is 24.2 Å². The third kappa shape index (κ3) is 1.97. The van der Waals surface area contributed by atoms with Crippen LogP contribution in [0.2, 0.25) is 0 Å². The molecule has 96 valence electrons. The van der Waals surface area contributed by atoms with Crippen LogP contribution in [-0.2, 0) is 0 Å². The summed E-state index contributed by atoms with van der Waals surface area (Å²) in [6.45, 7) is 4.46. The van der Waals surface area contributed by atoms with Crippen molar-refractivity contribution in [2.75, 3.05) is 13.2 Å². The Labute approximate surface area is 104 Å². The van der Waals surface area contributed by atoms with Crippen molar-refractivity contribution in [3.63, 3.8) is 0 Å². The van der Waals surface area contributed by atoms with Gasteiger partial charge in [-0.05, 0) is 26.0 Å². The van der Waals surface area contributed by atoms with Gasteiger partial charge in [0.05, 0.1) is 17.7 Å². The molecule has 1 N–H and O–H groups in total. The number of hydrogen-bond acceptors (Lipinski definition) is 4. The third-order valence-corrected chi connectivity index (χ3v) is 2.37. The van der Waals surface area contributed by atoms with Crippen LogP contribution in [-0.4, -0.2) is 34.0 Å². The molecule has 0 aliphatic heterocycles. The second-order valence-corrected chi connectivity index (χ2v) is 3.52. The van der Waals surface area contributed by atoms with E-state index >= 15 is 0 Å². The molecule has 0 radical (unpaired) electrons. The van der Waals surface area contributed by atoms with Crippen LogP contribution in [0.4, 0.5) is 0 Å². The second kappa shape index (κ2) is 4.95. The highest BCUT2D eigenvalue weighted by Crippen LogP contribution is 2.23. The van der Waals surface area contributed by atoms with Gasteiger partial charge in [0.1, 0.15) is 12.1 Å². The number of rotatable bonds is 5. The Balaban J connectivity index is 2.70. The number of benzene rings is 1. The number of para-hydroxylation sites is 1. The van der Waals surface area contributed by atoms with E-state index in [1.165, 1.54) is 10.8 Å². The minimum atomic E-state index is -1.02. The van der Waals surface area contributed by atoms with Gasteiger partial charge in [-0.15, -0.1) is 4.73 Å². The molecule has 0 unspecified atom stereocenters. The van der Waals surface area contributed by atoms with Crippen LogP contribution < -0.4 is 9.57 Å². The molecule has 1 aromatic heterocycles. The van der Waals surface area contributed by atoms with E-state index in [2.05, 4.69) is 4.98 Å². The molecule has 1 heterocycles. The van der Waals surface area contributed by atoms with Gasteiger partial charge in [-0.3, -0.25) is 0 Å². The fourth-order valence-electron chi connectivity index (χ4n) is 1.72. The van der Waals surface area contributed by atoms with Crippen molar-refractivity contribution < 1.29 is 19.5 Å². The Morgan fingerprint density at radius 2 is 2.17 bits per heavy atom. The van der Waals surface area contributed by atoms with Crippen LogP contribution in [0.15, 0.2) is 18.2 Å². The van der Waals surface area contributed by atoms with Crippen LogP contribution in [0.5, 0.6) is 6.01 Å². The minimum Gasteiger partial charge on any atom is -0.478 e. The SMILES string of the molecule is CCOc1nc2cccc(C(=O)O)c2n1OCC. The second-order valence-electron chi connectivity index (χ2n) is 3.52. The summed E-state index contributed by atoms with van der Waals surface area (Å²) in [5.74, 6) is -1.02. The molecule has 0 aliphatic carbocycles. The van der Waals surface area contributed by atoms with Crippen molar-refractivity contribution in [2.45, 2.75) is 13.8 Å². The lowest BCUT2D eigenvalue weighted by Gasteiger charge is -2.09. The van der Waals surface area contributed by atoms with Crippen LogP contribution in [0.25, 0.3) is 11.0 Å². The normalized spacial score (nSPS) is 10.6. The van der Waals surface area contributed by atoms with Crippen LogP contribution in [0, 0.1) is 0 Å². The quantitative estimate of drug-likeness (QED) is 0.872. The lowest BCUT2D eigenvalue weighted by Crippen LogP contribution is -2.14. The molecular weight excluding hydrogens is 236 g/mol. The standard InChI is InChI=1S/C12H14N2O4/c1-3-17-12-13-9-7-5-6-8(11(15)16)10(9)14(12)18-4-2/h5-7H,3-4H2,1-2H3,(H,15,16). The summed E-state index contributed by atoms with van der Waals surface area (Å²) in [6.07, 6.45) is 0. The number of carboxylic acid groups (broad SMARTS) is 1. The highest BCUT2D eigenvalue weighted by atomic mass is 16.7. The maximum atomic E-state index is 11.2. The fourth-order valence-corrected chi connectivity index (χ4v) is 1.72. The van der Waals surface area contributed by atoms with Gasteiger partial charge in [0.15, 0.2) is 0 Å². The first-order valence-corrected chi connectivity index (χ1v) is 5.69. The number of carboxylic acids is 1. The Hall–Kier alpha value is -2.24. The first-order valence-electron chi connectivity index (χ1n) is 5.69. The maximum Gasteiger partial charge on any atom is 0.338 e. The van der Waals surface area contributed by atoms with Crippen LogP contribution in [0.3, 0.4) is 0 Å². The van der Waals surface area contributed by atoms with E-state index in [4.69, 9.17) is 9.57 Å². The van der Waals surface area contributed by atoms with Gasteiger partial charge >= 0.3 is 12.0 Å². The molecular formula is C12H14N2O4. The molecule has 6 nitrogen and oxygen atoms in total. The van der Waals surface area contributed by atoms with Gasteiger partial charge in [-0.25, -0.2) is 4.79 Å².